The number of para-hydroxylation sites is 2. The lowest BCUT2D eigenvalue weighted by Crippen LogP contribution is -2.51. The van der Waals surface area contributed by atoms with E-state index in [-0.39, 0.29) is 18.2 Å². The number of guanidine groups is 1. The van der Waals surface area contributed by atoms with Crippen LogP contribution in [0.5, 0.6) is 5.75 Å². The van der Waals surface area contributed by atoms with Gasteiger partial charge in [0.15, 0.2) is 0 Å². The molecule has 0 saturated carbocycles. The number of anilines is 1. The van der Waals surface area contributed by atoms with Gasteiger partial charge in [-0.05, 0) is 38.3 Å². The summed E-state index contributed by atoms with van der Waals surface area (Å²) in [6, 6.07) is 6.53. The molecule has 2 aliphatic rings. The summed E-state index contributed by atoms with van der Waals surface area (Å²) in [7, 11) is 0. The van der Waals surface area contributed by atoms with Crippen LogP contribution in [0.1, 0.15) is 32.6 Å². The lowest BCUT2D eigenvalue weighted by atomic mass is 10.1. The molecule has 1 aromatic rings. The number of nitrogens with zero attached hydrogens (tertiary/aromatic N) is 2. The Labute approximate surface area is 147 Å². The Kier molecular flexibility index (Phi) is 5.53. The van der Waals surface area contributed by atoms with E-state index in [0.717, 1.165) is 25.9 Å². The van der Waals surface area contributed by atoms with Gasteiger partial charge in [0.05, 0.1) is 18.7 Å². The summed E-state index contributed by atoms with van der Waals surface area (Å²) in [5.41, 5.74) is 0.593. The third kappa shape index (κ3) is 4.29. The molecule has 0 unspecified atom stereocenters. The van der Waals surface area contributed by atoms with E-state index in [9.17, 15) is 9.59 Å². The Bertz CT molecular complexity index is 668. The molecule has 2 amide bonds. The molecule has 25 heavy (non-hydrogen) atoms. The molecule has 0 spiro atoms. The van der Waals surface area contributed by atoms with Crippen LogP contribution >= 0.6 is 0 Å². The van der Waals surface area contributed by atoms with E-state index in [2.05, 4.69) is 20.5 Å². The molecule has 0 aliphatic carbocycles. The third-order valence-electron chi connectivity index (χ3n) is 4.31. The van der Waals surface area contributed by atoms with Gasteiger partial charge in [-0.15, -0.1) is 0 Å². The highest BCUT2D eigenvalue weighted by Crippen LogP contribution is 2.24. The average Bonchev–Trinajstić information content (AvgIpc) is 2.64. The second-order valence-corrected chi connectivity index (χ2v) is 6.19. The van der Waals surface area contributed by atoms with Crippen LogP contribution < -0.4 is 15.4 Å². The first-order valence-corrected chi connectivity index (χ1v) is 8.82. The van der Waals surface area contributed by atoms with Crippen LogP contribution in [-0.2, 0) is 9.59 Å². The van der Waals surface area contributed by atoms with Crippen molar-refractivity contribution in [2.45, 2.75) is 38.6 Å². The molecule has 7 heteroatoms. The summed E-state index contributed by atoms with van der Waals surface area (Å²) in [5.74, 6) is 0.665. The molecule has 0 bridgehead atoms. The monoisotopic (exact) mass is 344 g/mol. The molecule has 1 fully saturated rings. The molecular formula is C18H24N4O3. The maximum absolute atomic E-state index is 12.6. The number of carbonyl (C=O) groups excluding carboxylic acids is 2. The quantitative estimate of drug-likeness (QED) is 0.872. The van der Waals surface area contributed by atoms with Crippen molar-refractivity contribution >= 4 is 23.5 Å². The second-order valence-electron chi connectivity index (χ2n) is 6.19. The van der Waals surface area contributed by atoms with Crippen LogP contribution in [0, 0.1) is 0 Å². The number of piperidine rings is 1. The summed E-state index contributed by atoms with van der Waals surface area (Å²) >= 11 is 0. The highest BCUT2D eigenvalue weighted by Gasteiger charge is 2.30. The molecule has 0 aromatic heterocycles. The van der Waals surface area contributed by atoms with Crippen molar-refractivity contribution < 1.29 is 14.3 Å². The normalized spacial score (nSPS) is 20.5. The predicted molar refractivity (Wildman–Crippen MR) is 95.6 cm³/mol. The molecule has 1 aromatic carbocycles. The number of rotatable bonds is 4. The number of carbonyl (C=O) groups is 2. The lowest BCUT2D eigenvalue weighted by Gasteiger charge is -2.32. The standard InChI is InChI=1S/C18H24N4O3/c1-2-25-15-9-5-4-8-13(15)19-17(24)14-12-16(23)21-18(20-14)22-10-6-3-7-11-22/h4-5,8-9,14H,2-3,6-7,10-12H2,1H3,(H,19,24)(H,20,21,23)/t14-/m0/s1. The van der Waals surface area contributed by atoms with Gasteiger partial charge < -0.3 is 15.0 Å². The maximum atomic E-state index is 12.6. The average molecular weight is 344 g/mol. The fraction of sp³-hybridized carbons (Fsp3) is 0.500. The van der Waals surface area contributed by atoms with Crippen LogP contribution in [0.3, 0.4) is 0 Å². The Morgan fingerprint density at radius 2 is 2.08 bits per heavy atom. The molecule has 1 atom stereocenters. The highest BCUT2D eigenvalue weighted by atomic mass is 16.5. The van der Waals surface area contributed by atoms with Gasteiger partial charge in [-0.1, -0.05) is 12.1 Å². The van der Waals surface area contributed by atoms with Crippen molar-refractivity contribution in [3.63, 3.8) is 0 Å². The fourth-order valence-corrected chi connectivity index (χ4v) is 3.06. The molecule has 2 N–H and O–H groups in total. The molecule has 7 nitrogen and oxygen atoms in total. The topological polar surface area (TPSA) is 83.0 Å². The number of hydrogen-bond acceptors (Lipinski definition) is 5. The molecular weight excluding hydrogens is 320 g/mol. The molecule has 2 heterocycles. The Morgan fingerprint density at radius 3 is 2.84 bits per heavy atom. The summed E-state index contributed by atoms with van der Waals surface area (Å²) < 4.78 is 5.52. The molecule has 134 valence electrons. The number of ether oxygens (including phenoxy) is 1. The van der Waals surface area contributed by atoms with E-state index in [1.807, 2.05) is 19.1 Å². The minimum Gasteiger partial charge on any atom is -0.492 e. The molecule has 3 rings (SSSR count). The molecule has 2 aliphatic heterocycles. The zero-order chi connectivity index (χ0) is 17.6. The van der Waals surface area contributed by atoms with Crippen LogP contribution in [-0.4, -0.2) is 48.4 Å². The van der Waals surface area contributed by atoms with Gasteiger partial charge in [0.1, 0.15) is 11.8 Å². The smallest absolute Gasteiger partial charge is 0.249 e. The zero-order valence-corrected chi connectivity index (χ0v) is 14.5. The highest BCUT2D eigenvalue weighted by molar-refractivity contribution is 6.06. The zero-order valence-electron chi connectivity index (χ0n) is 14.5. The predicted octanol–water partition coefficient (Wildman–Crippen LogP) is 1.75. The Hall–Kier alpha value is -2.57. The van der Waals surface area contributed by atoms with E-state index < -0.39 is 6.04 Å². The second kappa shape index (κ2) is 8.00. The van der Waals surface area contributed by atoms with Crippen molar-refractivity contribution in [2.75, 3.05) is 25.0 Å². The van der Waals surface area contributed by atoms with Crippen LogP contribution in [0.4, 0.5) is 5.69 Å². The van der Waals surface area contributed by atoms with Gasteiger partial charge in [-0.3, -0.25) is 14.9 Å². The number of likely N-dealkylation sites (tertiary alicyclic amines) is 1. The molecule has 0 radical (unpaired) electrons. The number of amides is 2. The van der Waals surface area contributed by atoms with Crippen molar-refractivity contribution in [3.8, 4) is 5.75 Å². The first-order chi connectivity index (χ1) is 12.2. The van der Waals surface area contributed by atoms with Gasteiger partial charge in [0.25, 0.3) is 0 Å². The minimum atomic E-state index is -0.722. The van der Waals surface area contributed by atoms with Gasteiger partial charge in [0.2, 0.25) is 17.8 Å². The van der Waals surface area contributed by atoms with Gasteiger partial charge >= 0.3 is 0 Å². The van der Waals surface area contributed by atoms with E-state index >= 15 is 0 Å². The SMILES string of the molecule is CCOc1ccccc1NC(=O)[C@@H]1CC(=O)NC(N2CCCCC2)=N1. The fourth-order valence-electron chi connectivity index (χ4n) is 3.06. The minimum absolute atomic E-state index is 0.0555. The van der Waals surface area contributed by atoms with Crippen LogP contribution in [0.25, 0.3) is 0 Å². The van der Waals surface area contributed by atoms with Crippen molar-refractivity contribution in [3.05, 3.63) is 24.3 Å². The Balaban J connectivity index is 1.73. The maximum Gasteiger partial charge on any atom is 0.249 e. The first-order valence-electron chi connectivity index (χ1n) is 8.82. The van der Waals surface area contributed by atoms with Crippen molar-refractivity contribution in [2.24, 2.45) is 4.99 Å². The lowest BCUT2D eigenvalue weighted by molar-refractivity contribution is -0.125. The summed E-state index contributed by atoms with van der Waals surface area (Å²) in [6.07, 6.45) is 3.40. The van der Waals surface area contributed by atoms with Crippen LogP contribution in [0.15, 0.2) is 29.3 Å². The van der Waals surface area contributed by atoms with Crippen LogP contribution in [0.2, 0.25) is 0 Å². The van der Waals surface area contributed by atoms with E-state index in [0.29, 0.717) is 24.0 Å². The number of nitrogens with one attached hydrogen (secondary N) is 2. The first kappa shape index (κ1) is 17.3. The van der Waals surface area contributed by atoms with E-state index in [1.54, 1.807) is 12.1 Å². The van der Waals surface area contributed by atoms with E-state index in [1.165, 1.54) is 6.42 Å². The molecule has 1 saturated heterocycles. The number of hydrogen-bond donors (Lipinski definition) is 2. The van der Waals surface area contributed by atoms with E-state index in [4.69, 9.17) is 4.74 Å². The summed E-state index contributed by atoms with van der Waals surface area (Å²) in [6.45, 7) is 4.12. The van der Waals surface area contributed by atoms with Crippen molar-refractivity contribution in [1.82, 2.24) is 10.2 Å². The van der Waals surface area contributed by atoms with Crippen molar-refractivity contribution in [1.29, 1.82) is 0 Å². The van der Waals surface area contributed by atoms with Gasteiger partial charge in [-0.25, -0.2) is 4.99 Å². The summed E-state index contributed by atoms with van der Waals surface area (Å²) in [5, 5.41) is 5.64. The number of aliphatic imine (C=N–C) groups is 1. The largest absolute Gasteiger partial charge is 0.492 e. The van der Waals surface area contributed by atoms with Gasteiger partial charge in [-0.2, -0.15) is 0 Å². The van der Waals surface area contributed by atoms with Gasteiger partial charge in [0, 0.05) is 13.1 Å². The number of benzene rings is 1. The Morgan fingerprint density at radius 1 is 1.32 bits per heavy atom. The summed E-state index contributed by atoms with van der Waals surface area (Å²) in [4.78, 5) is 31.2. The third-order valence-corrected chi connectivity index (χ3v) is 4.31.